The largest absolute Gasteiger partial charge is 0.212 e. The average Bonchev–Trinajstić information content (AvgIpc) is 2.17. The molecule has 0 saturated carbocycles. The SMILES string of the molecule is C=C(C)C1=C(/C=C(/F)CC)CC(C)CC1. The van der Waals surface area contributed by atoms with Crippen molar-refractivity contribution >= 4 is 0 Å². The molecule has 0 saturated heterocycles. The summed E-state index contributed by atoms with van der Waals surface area (Å²) in [6.07, 6.45) is 5.46. The van der Waals surface area contributed by atoms with E-state index in [4.69, 9.17) is 0 Å². The molecule has 0 heterocycles. The van der Waals surface area contributed by atoms with Crippen molar-refractivity contribution in [2.75, 3.05) is 0 Å². The van der Waals surface area contributed by atoms with Gasteiger partial charge in [0.15, 0.2) is 0 Å². The van der Waals surface area contributed by atoms with Crippen LogP contribution in [0.5, 0.6) is 0 Å². The molecule has 0 bridgehead atoms. The Morgan fingerprint density at radius 3 is 2.80 bits per heavy atom. The van der Waals surface area contributed by atoms with Crippen LogP contribution in [0, 0.1) is 5.92 Å². The zero-order valence-electron chi connectivity index (χ0n) is 10.1. The summed E-state index contributed by atoms with van der Waals surface area (Å²) in [6.45, 7) is 10.1. The van der Waals surface area contributed by atoms with E-state index in [2.05, 4.69) is 13.5 Å². The first-order valence-corrected chi connectivity index (χ1v) is 5.78. The van der Waals surface area contributed by atoms with Gasteiger partial charge >= 0.3 is 0 Å². The van der Waals surface area contributed by atoms with E-state index >= 15 is 0 Å². The summed E-state index contributed by atoms with van der Waals surface area (Å²) in [6, 6.07) is 0. The van der Waals surface area contributed by atoms with E-state index in [-0.39, 0.29) is 5.83 Å². The smallest absolute Gasteiger partial charge is 0.0999 e. The Morgan fingerprint density at radius 2 is 2.27 bits per heavy atom. The molecule has 0 nitrogen and oxygen atoms in total. The van der Waals surface area contributed by atoms with Crippen molar-refractivity contribution < 1.29 is 4.39 Å². The van der Waals surface area contributed by atoms with Crippen molar-refractivity contribution in [3.05, 3.63) is 35.2 Å². The van der Waals surface area contributed by atoms with Crippen molar-refractivity contribution in [2.24, 2.45) is 5.92 Å². The highest BCUT2D eigenvalue weighted by Crippen LogP contribution is 2.34. The molecule has 0 aromatic heterocycles. The zero-order chi connectivity index (χ0) is 11.4. The molecule has 1 heteroatoms. The van der Waals surface area contributed by atoms with E-state index in [9.17, 15) is 4.39 Å². The van der Waals surface area contributed by atoms with Gasteiger partial charge in [0.2, 0.25) is 0 Å². The minimum absolute atomic E-state index is 0.0159. The topological polar surface area (TPSA) is 0 Å². The maximum Gasteiger partial charge on any atom is 0.0999 e. The fraction of sp³-hybridized carbons (Fsp3) is 0.571. The summed E-state index contributed by atoms with van der Waals surface area (Å²) < 4.78 is 13.3. The molecule has 0 aromatic rings. The first-order chi connectivity index (χ1) is 7.04. The molecule has 1 aliphatic carbocycles. The molecule has 0 amide bonds. The minimum Gasteiger partial charge on any atom is -0.212 e. The maximum absolute atomic E-state index is 13.3. The van der Waals surface area contributed by atoms with Gasteiger partial charge < -0.3 is 0 Å². The van der Waals surface area contributed by atoms with Gasteiger partial charge in [0, 0.05) is 0 Å². The molecule has 0 fully saturated rings. The van der Waals surface area contributed by atoms with E-state index in [0.29, 0.717) is 12.3 Å². The molecular weight excluding hydrogens is 187 g/mol. The number of hydrogen-bond donors (Lipinski definition) is 0. The van der Waals surface area contributed by atoms with Crippen LogP contribution in [0.25, 0.3) is 0 Å². The van der Waals surface area contributed by atoms with E-state index in [1.807, 2.05) is 13.8 Å². The molecule has 1 rings (SSSR count). The highest BCUT2D eigenvalue weighted by atomic mass is 19.1. The lowest BCUT2D eigenvalue weighted by Gasteiger charge is -2.23. The van der Waals surface area contributed by atoms with Crippen molar-refractivity contribution in [1.82, 2.24) is 0 Å². The minimum atomic E-state index is -0.0159. The van der Waals surface area contributed by atoms with Crippen LogP contribution >= 0.6 is 0 Å². The third-order valence-electron chi connectivity index (χ3n) is 3.03. The molecule has 84 valence electrons. The van der Waals surface area contributed by atoms with Crippen molar-refractivity contribution in [3.63, 3.8) is 0 Å². The van der Waals surface area contributed by atoms with Crippen molar-refractivity contribution in [2.45, 2.75) is 46.5 Å². The van der Waals surface area contributed by atoms with Crippen LogP contribution in [0.2, 0.25) is 0 Å². The number of halogens is 1. The van der Waals surface area contributed by atoms with Crippen LogP contribution in [-0.2, 0) is 0 Å². The molecular formula is C14H21F. The zero-order valence-corrected chi connectivity index (χ0v) is 10.1. The quantitative estimate of drug-likeness (QED) is 0.616. The lowest BCUT2D eigenvalue weighted by molar-refractivity contribution is 0.501. The number of hydrogen-bond acceptors (Lipinski definition) is 0. The fourth-order valence-corrected chi connectivity index (χ4v) is 2.08. The fourth-order valence-electron chi connectivity index (χ4n) is 2.08. The normalized spacial score (nSPS) is 23.2. The summed E-state index contributed by atoms with van der Waals surface area (Å²) in [5.41, 5.74) is 3.54. The van der Waals surface area contributed by atoms with Crippen LogP contribution in [0.4, 0.5) is 4.39 Å². The Labute approximate surface area is 92.6 Å². The summed E-state index contributed by atoms with van der Waals surface area (Å²) in [5, 5.41) is 0. The number of rotatable bonds is 3. The van der Waals surface area contributed by atoms with Crippen LogP contribution in [-0.4, -0.2) is 0 Å². The lowest BCUT2D eigenvalue weighted by Crippen LogP contribution is -2.07. The van der Waals surface area contributed by atoms with Crippen LogP contribution in [0.3, 0.4) is 0 Å². The van der Waals surface area contributed by atoms with E-state index in [1.165, 1.54) is 17.6 Å². The van der Waals surface area contributed by atoms with Crippen molar-refractivity contribution in [1.29, 1.82) is 0 Å². The predicted molar refractivity (Wildman–Crippen MR) is 64.3 cm³/mol. The third kappa shape index (κ3) is 3.33. The third-order valence-corrected chi connectivity index (χ3v) is 3.03. The first kappa shape index (κ1) is 12.2. The van der Waals surface area contributed by atoms with Crippen LogP contribution in [0.1, 0.15) is 46.5 Å². The predicted octanol–water partition coefficient (Wildman–Crippen LogP) is 4.94. The molecule has 0 spiro atoms. The van der Waals surface area contributed by atoms with Gasteiger partial charge in [-0.3, -0.25) is 0 Å². The summed E-state index contributed by atoms with van der Waals surface area (Å²) in [5.74, 6) is 0.654. The van der Waals surface area contributed by atoms with Gasteiger partial charge in [-0.25, -0.2) is 4.39 Å². The molecule has 1 atom stereocenters. The maximum atomic E-state index is 13.3. The van der Waals surface area contributed by atoms with E-state index in [1.54, 1.807) is 6.08 Å². The second-order valence-electron chi connectivity index (χ2n) is 4.58. The molecule has 0 aliphatic heterocycles. The summed E-state index contributed by atoms with van der Waals surface area (Å²) in [7, 11) is 0. The second kappa shape index (κ2) is 5.29. The molecule has 0 radical (unpaired) electrons. The highest BCUT2D eigenvalue weighted by Gasteiger charge is 2.17. The Bertz CT molecular complexity index is 307. The Morgan fingerprint density at radius 1 is 1.60 bits per heavy atom. The van der Waals surface area contributed by atoms with Crippen LogP contribution in [0.15, 0.2) is 35.2 Å². The van der Waals surface area contributed by atoms with E-state index < -0.39 is 0 Å². The molecule has 15 heavy (non-hydrogen) atoms. The standard InChI is InChI=1S/C14H21F/c1-5-13(15)9-12-8-11(4)6-7-14(12)10(2)3/h9,11H,2,5-8H2,1,3-4H3/b13-9+. The monoisotopic (exact) mass is 208 g/mol. The molecule has 1 aliphatic rings. The van der Waals surface area contributed by atoms with Gasteiger partial charge in [0.05, 0.1) is 5.83 Å². The molecule has 0 N–H and O–H groups in total. The summed E-state index contributed by atoms with van der Waals surface area (Å²) >= 11 is 0. The van der Waals surface area contributed by atoms with Gasteiger partial charge in [0.25, 0.3) is 0 Å². The Hall–Kier alpha value is -0.850. The Balaban J connectivity index is 2.99. The average molecular weight is 208 g/mol. The molecule has 0 aromatic carbocycles. The van der Waals surface area contributed by atoms with Gasteiger partial charge in [-0.1, -0.05) is 26.0 Å². The Kier molecular flexibility index (Phi) is 4.31. The van der Waals surface area contributed by atoms with Gasteiger partial charge in [-0.15, -0.1) is 0 Å². The number of allylic oxidation sites excluding steroid dienone is 5. The second-order valence-corrected chi connectivity index (χ2v) is 4.58. The van der Waals surface area contributed by atoms with Crippen molar-refractivity contribution in [3.8, 4) is 0 Å². The van der Waals surface area contributed by atoms with Crippen LogP contribution < -0.4 is 0 Å². The summed E-state index contributed by atoms with van der Waals surface area (Å²) in [4.78, 5) is 0. The first-order valence-electron chi connectivity index (χ1n) is 5.78. The van der Waals surface area contributed by atoms with E-state index in [0.717, 1.165) is 18.4 Å². The highest BCUT2D eigenvalue weighted by molar-refractivity contribution is 5.40. The molecule has 1 unspecified atom stereocenters. The lowest BCUT2D eigenvalue weighted by atomic mass is 9.82. The van der Waals surface area contributed by atoms with Gasteiger partial charge in [0.1, 0.15) is 0 Å². The van der Waals surface area contributed by atoms with Gasteiger partial charge in [-0.05, 0) is 55.7 Å². The van der Waals surface area contributed by atoms with Gasteiger partial charge in [-0.2, -0.15) is 0 Å².